The Morgan fingerprint density at radius 2 is 2.31 bits per heavy atom. The Bertz CT molecular complexity index is 231. The molecule has 0 aromatic heterocycles. The van der Waals surface area contributed by atoms with E-state index in [2.05, 4.69) is 17.7 Å². The van der Waals surface area contributed by atoms with Crippen LogP contribution in [-0.2, 0) is 8.98 Å². The Kier molecular flexibility index (Phi) is 11.5. The van der Waals surface area contributed by atoms with Gasteiger partial charge in [0, 0.05) is 12.2 Å². The Morgan fingerprint density at radius 3 is 2.88 bits per heavy atom. The fourth-order valence-corrected chi connectivity index (χ4v) is 2.30. The van der Waals surface area contributed by atoms with E-state index in [1.807, 2.05) is 6.92 Å². The van der Waals surface area contributed by atoms with Gasteiger partial charge < -0.3 is 4.18 Å². The van der Waals surface area contributed by atoms with E-state index in [4.69, 9.17) is 9.44 Å². The second-order valence-corrected chi connectivity index (χ2v) is 5.47. The van der Waals surface area contributed by atoms with Crippen molar-refractivity contribution < 1.29 is 8.98 Å². The monoisotopic (exact) mass is 279 g/mol. The zero-order valence-electron chi connectivity index (χ0n) is 9.35. The lowest BCUT2D eigenvalue weighted by molar-refractivity contribution is -0.133. The third-order valence-corrected chi connectivity index (χ3v) is 3.97. The summed E-state index contributed by atoms with van der Waals surface area (Å²) in [4.78, 5) is 11.1. The van der Waals surface area contributed by atoms with Crippen LogP contribution in [0.2, 0.25) is 0 Å². The molecule has 0 aromatic carbocycles. The van der Waals surface area contributed by atoms with E-state index >= 15 is 0 Å². The van der Waals surface area contributed by atoms with Gasteiger partial charge in [-0.05, 0) is 19.3 Å². The van der Waals surface area contributed by atoms with Crippen LogP contribution in [0.15, 0.2) is 0 Å². The highest BCUT2D eigenvalue weighted by Crippen LogP contribution is 2.20. The number of unbranched alkanes of at least 4 members (excludes halogenated alkanes) is 1. The number of hydrogen-bond acceptors (Lipinski definition) is 6. The van der Waals surface area contributed by atoms with Crippen LogP contribution >= 0.6 is 34.5 Å². The summed E-state index contributed by atoms with van der Waals surface area (Å²) in [6, 6.07) is 2.15. The largest absolute Gasteiger partial charge is 0.391 e. The number of hydrogen-bond donors (Lipinski definition) is 1. The van der Waals surface area contributed by atoms with E-state index < -0.39 is 0 Å². The number of rotatable bonds is 9. The van der Waals surface area contributed by atoms with Gasteiger partial charge in [-0.15, -0.1) is 11.7 Å². The summed E-state index contributed by atoms with van der Waals surface area (Å²) < 4.78 is 4.96. The van der Waals surface area contributed by atoms with Crippen LogP contribution in [0.4, 0.5) is 0 Å². The minimum atomic E-state index is -0.146. The molecule has 0 saturated heterocycles. The van der Waals surface area contributed by atoms with Crippen LogP contribution in [0.5, 0.6) is 0 Å². The lowest BCUT2D eigenvalue weighted by Gasteiger charge is -2.04. The van der Waals surface area contributed by atoms with Gasteiger partial charge in [-0.2, -0.15) is 5.26 Å². The molecule has 1 unspecified atom stereocenters. The summed E-state index contributed by atoms with van der Waals surface area (Å²) in [6.45, 7) is 2.04. The first kappa shape index (κ1) is 16.0. The summed E-state index contributed by atoms with van der Waals surface area (Å²) in [5.74, 6) is 0.594. The molecule has 0 fully saturated rings. The first-order valence-electron chi connectivity index (χ1n) is 5.26. The van der Waals surface area contributed by atoms with E-state index in [0.717, 1.165) is 31.4 Å². The molecule has 1 atom stereocenters. The van der Waals surface area contributed by atoms with Gasteiger partial charge >= 0.3 is 5.97 Å². The molecular weight excluding hydrogens is 262 g/mol. The summed E-state index contributed by atoms with van der Waals surface area (Å²) >= 11 is 5.18. The average molecular weight is 279 g/mol. The SMILES string of the molecule is CCCCC(=O)OSCCCC(C#N)SS. The van der Waals surface area contributed by atoms with E-state index in [1.54, 1.807) is 0 Å². The zero-order valence-corrected chi connectivity index (χ0v) is 11.9. The van der Waals surface area contributed by atoms with Crippen molar-refractivity contribution in [2.75, 3.05) is 5.75 Å². The first-order valence-corrected chi connectivity index (χ1v) is 8.11. The van der Waals surface area contributed by atoms with Crippen molar-refractivity contribution in [3.05, 3.63) is 0 Å². The predicted octanol–water partition coefficient (Wildman–Crippen LogP) is 3.62. The van der Waals surface area contributed by atoms with Crippen LogP contribution in [0.3, 0.4) is 0 Å². The molecule has 0 aromatic rings. The number of thiol groups is 1. The van der Waals surface area contributed by atoms with Gasteiger partial charge in [0.2, 0.25) is 0 Å². The molecule has 0 heterocycles. The Hall–Kier alpha value is 0.0100. The topological polar surface area (TPSA) is 50.1 Å². The fourth-order valence-electron chi connectivity index (χ4n) is 0.939. The van der Waals surface area contributed by atoms with Crippen LogP contribution in [-0.4, -0.2) is 17.0 Å². The number of nitriles is 1. The molecule has 6 heteroatoms. The lowest BCUT2D eigenvalue weighted by Crippen LogP contribution is -2.00. The van der Waals surface area contributed by atoms with Crippen LogP contribution in [0.25, 0.3) is 0 Å². The highest BCUT2D eigenvalue weighted by atomic mass is 33.1. The minimum Gasteiger partial charge on any atom is -0.391 e. The molecule has 0 rings (SSSR count). The maximum atomic E-state index is 11.1. The molecule has 3 nitrogen and oxygen atoms in total. The zero-order chi connectivity index (χ0) is 12.2. The Balaban J connectivity index is 3.33. The van der Waals surface area contributed by atoms with E-state index in [1.165, 1.54) is 22.8 Å². The molecule has 0 saturated carbocycles. The summed E-state index contributed by atoms with van der Waals surface area (Å²) in [7, 11) is 1.26. The maximum Gasteiger partial charge on any atom is 0.317 e. The minimum absolute atomic E-state index is 0.0697. The molecule has 16 heavy (non-hydrogen) atoms. The molecular formula is C10H17NO2S3. The predicted molar refractivity (Wildman–Crippen MR) is 73.3 cm³/mol. The van der Waals surface area contributed by atoms with Gasteiger partial charge in [-0.3, -0.25) is 4.79 Å². The highest BCUT2D eigenvalue weighted by molar-refractivity contribution is 8.69. The third-order valence-electron chi connectivity index (χ3n) is 1.85. The number of carbonyl (C=O) groups excluding carboxylic acids is 1. The Labute approximate surface area is 111 Å². The van der Waals surface area contributed by atoms with E-state index in [0.29, 0.717) is 6.42 Å². The van der Waals surface area contributed by atoms with E-state index in [9.17, 15) is 4.79 Å². The van der Waals surface area contributed by atoms with Gasteiger partial charge in [0.15, 0.2) is 0 Å². The lowest BCUT2D eigenvalue weighted by atomic mass is 10.3. The molecule has 0 bridgehead atoms. The summed E-state index contributed by atoms with van der Waals surface area (Å²) in [5, 5.41) is 8.59. The molecule has 0 spiro atoms. The first-order chi connectivity index (χ1) is 7.74. The maximum absolute atomic E-state index is 11.1. The van der Waals surface area contributed by atoms with Crippen molar-refractivity contribution in [2.24, 2.45) is 0 Å². The van der Waals surface area contributed by atoms with Crippen LogP contribution in [0, 0.1) is 11.3 Å². The van der Waals surface area contributed by atoms with Crippen molar-refractivity contribution in [3.63, 3.8) is 0 Å². The fraction of sp³-hybridized carbons (Fsp3) is 0.800. The van der Waals surface area contributed by atoms with Crippen molar-refractivity contribution in [1.29, 1.82) is 5.26 Å². The van der Waals surface area contributed by atoms with Crippen LogP contribution in [0.1, 0.15) is 39.0 Å². The van der Waals surface area contributed by atoms with Crippen molar-refractivity contribution >= 4 is 40.5 Å². The highest BCUT2D eigenvalue weighted by Gasteiger charge is 2.06. The summed E-state index contributed by atoms with van der Waals surface area (Å²) in [5.41, 5.74) is 0. The van der Waals surface area contributed by atoms with Gasteiger partial charge in [-0.1, -0.05) is 24.1 Å². The van der Waals surface area contributed by atoms with Gasteiger partial charge in [-0.25, -0.2) is 0 Å². The molecule has 0 amide bonds. The van der Waals surface area contributed by atoms with Gasteiger partial charge in [0.25, 0.3) is 0 Å². The second kappa shape index (κ2) is 11.5. The molecule has 0 aliphatic heterocycles. The molecule has 0 radical (unpaired) electrons. The average Bonchev–Trinajstić information content (AvgIpc) is 2.31. The standard InChI is InChI=1S/C10H17NO2S3/c1-2-3-6-10(12)13-15-7-4-5-9(8-11)16-14/h9,14H,2-7H2,1H3. The van der Waals surface area contributed by atoms with Gasteiger partial charge in [0.05, 0.1) is 18.1 Å². The van der Waals surface area contributed by atoms with Crippen molar-refractivity contribution in [2.45, 2.75) is 44.3 Å². The smallest absolute Gasteiger partial charge is 0.317 e. The third kappa shape index (κ3) is 9.25. The number of nitrogens with zero attached hydrogens (tertiary/aromatic N) is 1. The molecule has 92 valence electrons. The van der Waals surface area contributed by atoms with E-state index in [-0.39, 0.29) is 11.2 Å². The Morgan fingerprint density at radius 1 is 1.56 bits per heavy atom. The molecule has 0 aliphatic carbocycles. The van der Waals surface area contributed by atoms with Crippen molar-refractivity contribution in [3.8, 4) is 6.07 Å². The normalized spacial score (nSPS) is 11.8. The second-order valence-electron chi connectivity index (χ2n) is 3.25. The van der Waals surface area contributed by atoms with Gasteiger partial charge in [0.1, 0.15) is 5.25 Å². The van der Waals surface area contributed by atoms with Crippen LogP contribution < -0.4 is 0 Å². The molecule has 0 aliphatic rings. The number of carbonyl (C=O) groups is 1. The quantitative estimate of drug-likeness (QED) is 0.302. The van der Waals surface area contributed by atoms with Crippen molar-refractivity contribution in [1.82, 2.24) is 0 Å². The molecule has 0 N–H and O–H groups in total. The summed E-state index contributed by atoms with van der Waals surface area (Å²) in [6.07, 6.45) is 4.02.